The first-order chi connectivity index (χ1) is 13.6. The number of rotatable bonds is 8. The molecular formula is C22H24N2O3S. The third-order valence-corrected chi connectivity index (χ3v) is 5.65. The lowest BCUT2D eigenvalue weighted by atomic mass is 10.1. The van der Waals surface area contributed by atoms with Crippen LogP contribution in [0.2, 0.25) is 0 Å². The van der Waals surface area contributed by atoms with Crippen molar-refractivity contribution >= 4 is 17.2 Å². The van der Waals surface area contributed by atoms with Crippen molar-refractivity contribution in [2.24, 2.45) is 0 Å². The highest BCUT2D eigenvalue weighted by atomic mass is 32.1. The zero-order valence-electron chi connectivity index (χ0n) is 16.3. The molecule has 0 saturated heterocycles. The van der Waals surface area contributed by atoms with E-state index in [-0.39, 0.29) is 5.91 Å². The van der Waals surface area contributed by atoms with E-state index in [0.717, 1.165) is 44.6 Å². The number of para-hydroxylation sites is 1. The normalized spacial score (nSPS) is 10.5. The average Bonchev–Trinajstić information content (AvgIpc) is 3.08. The number of aryl methyl sites for hydroxylation is 1. The van der Waals surface area contributed by atoms with Gasteiger partial charge in [0.25, 0.3) is 0 Å². The van der Waals surface area contributed by atoms with E-state index in [1.165, 1.54) is 0 Å². The van der Waals surface area contributed by atoms with Gasteiger partial charge in [0.2, 0.25) is 5.91 Å². The van der Waals surface area contributed by atoms with E-state index < -0.39 is 0 Å². The molecule has 1 N–H and O–H groups in total. The van der Waals surface area contributed by atoms with Crippen molar-refractivity contribution in [3.63, 3.8) is 0 Å². The van der Waals surface area contributed by atoms with E-state index in [1.807, 2.05) is 55.5 Å². The number of nitrogens with one attached hydrogen (secondary N) is 1. The molecule has 0 saturated carbocycles. The fourth-order valence-electron chi connectivity index (χ4n) is 2.93. The summed E-state index contributed by atoms with van der Waals surface area (Å²) in [6.07, 6.45) is 1.06. The van der Waals surface area contributed by atoms with Gasteiger partial charge < -0.3 is 14.8 Å². The molecule has 0 spiro atoms. The van der Waals surface area contributed by atoms with Crippen LogP contribution in [0, 0.1) is 6.92 Å². The largest absolute Gasteiger partial charge is 0.497 e. The number of carbonyl (C=O) groups excluding carboxylic acids is 1. The third kappa shape index (κ3) is 4.89. The quantitative estimate of drug-likeness (QED) is 0.624. The summed E-state index contributed by atoms with van der Waals surface area (Å²) < 4.78 is 10.6. The molecule has 3 rings (SSSR count). The van der Waals surface area contributed by atoms with Crippen molar-refractivity contribution in [1.29, 1.82) is 0 Å². The lowest BCUT2D eigenvalue weighted by Gasteiger charge is -2.09. The van der Waals surface area contributed by atoms with Gasteiger partial charge in [-0.15, -0.1) is 11.3 Å². The van der Waals surface area contributed by atoms with Gasteiger partial charge in [-0.2, -0.15) is 0 Å². The number of methoxy groups -OCH3 is 2. The van der Waals surface area contributed by atoms with Crippen molar-refractivity contribution in [2.75, 3.05) is 20.8 Å². The predicted molar refractivity (Wildman–Crippen MR) is 112 cm³/mol. The summed E-state index contributed by atoms with van der Waals surface area (Å²) in [5.41, 5.74) is 2.97. The van der Waals surface area contributed by atoms with Gasteiger partial charge >= 0.3 is 0 Å². The monoisotopic (exact) mass is 396 g/mol. The maximum atomic E-state index is 12.4. The highest BCUT2D eigenvalue weighted by Gasteiger charge is 2.13. The molecule has 28 heavy (non-hydrogen) atoms. The van der Waals surface area contributed by atoms with Crippen LogP contribution in [0.15, 0.2) is 48.5 Å². The summed E-state index contributed by atoms with van der Waals surface area (Å²) in [7, 11) is 3.30. The fraction of sp³-hybridized carbons (Fsp3) is 0.273. The molecule has 0 fully saturated rings. The molecule has 6 heteroatoms. The van der Waals surface area contributed by atoms with Gasteiger partial charge in [-0.3, -0.25) is 4.79 Å². The van der Waals surface area contributed by atoms with Crippen LogP contribution < -0.4 is 14.8 Å². The molecule has 0 bridgehead atoms. The van der Waals surface area contributed by atoms with Crippen molar-refractivity contribution in [1.82, 2.24) is 10.3 Å². The number of aromatic nitrogens is 1. The number of amides is 1. The molecule has 1 amide bonds. The minimum Gasteiger partial charge on any atom is -0.497 e. The Morgan fingerprint density at radius 3 is 2.71 bits per heavy atom. The smallest absolute Gasteiger partial charge is 0.225 e. The molecule has 0 aliphatic carbocycles. The van der Waals surface area contributed by atoms with Crippen LogP contribution in [-0.4, -0.2) is 31.7 Å². The highest BCUT2D eigenvalue weighted by Crippen LogP contribution is 2.30. The highest BCUT2D eigenvalue weighted by molar-refractivity contribution is 7.15. The number of hydrogen-bond donors (Lipinski definition) is 1. The van der Waals surface area contributed by atoms with E-state index in [4.69, 9.17) is 9.47 Å². The maximum Gasteiger partial charge on any atom is 0.225 e. The lowest BCUT2D eigenvalue weighted by Crippen LogP contribution is -2.27. The van der Waals surface area contributed by atoms with Crippen LogP contribution in [0.25, 0.3) is 10.6 Å². The molecule has 3 aromatic rings. The minimum absolute atomic E-state index is 0.00107. The van der Waals surface area contributed by atoms with Gasteiger partial charge in [0, 0.05) is 17.0 Å². The second-order valence-corrected chi connectivity index (χ2v) is 7.43. The average molecular weight is 397 g/mol. The summed E-state index contributed by atoms with van der Waals surface area (Å²) in [4.78, 5) is 18.0. The first-order valence-corrected chi connectivity index (χ1v) is 9.91. The summed E-state index contributed by atoms with van der Waals surface area (Å²) in [5, 5.41) is 3.89. The predicted octanol–water partition coefficient (Wildman–Crippen LogP) is 4.04. The second-order valence-electron chi connectivity index (χ2n) is 6.35. The third-order valence-electron chi connectivity index (χ3n) is 4.44. The summed E-state index contributed by atoms with van der Waals surface area (Å²) in [6.45, 7) is 2.51. The number of benzene rings is 2. The Kier molecular flexibility index (Phi) is 6.66. The van der Waals surface area contributed by atoms with Crippen LogP contribution in [0.1, 0.15) is 16.1 Å². The Hall–Kier alpha value is -2.86. The summed E-state index contributed by atoms with van der Waals surface area (Å²) >= 11 is 1.55. The molecule has 0 unspecified atom stereocenters. The van der Waals surface area contributed by atoms with Gasteiger partial charge in [-0.1, -0.05) is 30.3 Å². The molecule has 146 valence electrons. The minimum atomic E-state index is -0.00107. The number of ether oxygens (including phenoxy) is 2. The zero-order chi connectivity index (χ0) is 19.9. The Labute approximate surface area is 169 Å². The summed E-state index contributed by atoms with van der Waals surface area (Å²) in [5.74, 6) is 1.64. The van der Waals surface area contributed by atoms with Gasteiger partial charge in [-0.25, -0.2) is 4.98 Å². The maximum absolute atomic E-state index is 12.4. The second kappa shape index (κ2) is 9.37. The Morgan fingerprint density at radius 1 is 1.11 bits per heavy atom. The SMILES string of the molecule is COc1cccc(-c2nc(C)c(CC(=O)NCCc3ccccc3OC)s2)c1. The van der Waals surface area contributed by atoms with Crippen LogP contribution in [0.5, 0.6) is 11.5 Å². The van der Waals surface area contributed by atoms with Crippen LogP contribution in [-0.2, 0) is 17.6 Å². The standard InChI is InChI=1S/C22H24N2O3S/c1-15-20(28-22(24-15)17-8-6-9-18(13-17)26-2)14-21(25)23-12-11-16-7-4-5-10-19(16)27-3/h4-10,13H,11-12,14H2,1-3H3,(H,23,25). The number of thiazole rings is 1. The van der Waals surface area contributed by atoms with Gasteiger partial charge in [0.15, 0.2) is 0 Å². The first kappa shape index (κ1) is 19.9. The molecule has 5 nitrogen and oxygen atoms in total. The van der Waals surface area contributed by atoms with Crippen molar-refractivity contribution in [3.8, 4) is 22.1 Å². The Bertz CT molecular complexity index is 952. The number of nitrogens with zero attached hydrogens (tertiary/aromatic N) is 1. The van der Waals surface area contributed by atoms with E-state index >= 15 is 0 Å². The topological polar surface area (TPSA) is 60.5 Å². The van der Waals surface area contributed by atoms with Crippen molar-refractivity contribution in [2.45, 2.75) is 19.8 Å². The first-order valence-electron chi connectivity index (χ1n) is 9.10. The van der Waals surface area contributed by atoms with Crippen LogP contribution in [0.4, 0.5) is 0 Å². The van der Waals surface area contributed by atoms with Crippen molar-refractivity contribution < 1.29 is 14.3 Å². The van der Waals surface area contributed by atoms with Gasteiger partial charge in [0.1, 0.15) is 16.5 Å². The van der Waals surface area contributed by atoms with E-state index in [2.05, 4.69) is 10.3 Å². The Morgan fingerprint density at radius 2 is 1.93 bits per heavy atom. The van der Waals surface area contributed by atoms with Gasteiger partial charge in [0.05, 0.1) is 26.3 Å². The van der Waals surface area contributed by atoms with E-state index in [0.29, 0.717) is 13.0 Å². The summed E-state index contributed by atoms with van der Waals surface area (Å²) in [6, 6.07) is 15.6. The molecule has 0 atom stereocenters. The van der Waals surface area contributed by atoms with Crippen molar-refractivity contribution in [3.05, 3.63) is 64.7 Å². The molecule has 0 aliphatic rings. The molecule has 2 aromatic carbocycles. The molecule has 1 aromatic heterocycles. The number of hydrogen-bond acceptors (Lipinski definition) is 5. The molecule has 0 aliphatic heterocycles. The lowest BCUT2D eigenvalue weighted by molar-refractivity contribution is -0.120. The zero-order valence-corrected chi connectivity index (χ0v) is 17.1. The van der Waals surface area contributed by atoms with E-state index in [1.54, 1.807) is 25.6 Å². The number of carbonyl (C=O) groups is 1. The molecular weight excluding hydrogens is 372 g/mol. The van der Waals surface area contributed by atoms with Gasteiger partial charge in [-0.05, 0) is 37.1 Å². The van der Waals surface area contributed by atoms with E-state index in [9.17, 15) is 4.79 Å². The van der Waals surface area contributed by atoms with Crippen LogP contribution >= 0.6 is 11.3 Å². The molecule has 1 heterocycles. The Balaban J connectivity index is 1.59. The molecule has 0 radical (unpaired) electrons. The fourth-order valence-corrected chi connectivity index (χ4v) is 3.98. The van der Waals surface area contributed by atoms with Crippen LogP contribution in [0.3, 0.4) is 0 Å².